The molecule has 1 heterocycles. The van der Waals surface area contributed by atoms with Crippen molar-refractivity contribution in [2.75, 3.05) is 6.54 Å². The van der Waals surface area contributed by atoms with Gasteiger partial charge in [-0.1, -0.05) is 25.9 Å². The topological polar surface area (TPSA) is 78.9 Å². The van der Waals surface area contributed by atoms with E-state index in [9.17, 15) is 4.79 Å². The van der Waals surface area contributed by atoms with Crippen LogP contribution in [0.2, 0.25) is 0 Å². The molecule has 0 saturated carbocycles. The number of nitrogens with zero attached hydrogens (tertiary/aromatic N) is 2. The van der Waals surface area contributed by atoms with E-state index in [0.717, 1.165) is 19.4 Å². The molecule has 1 aliphatic rings. The lowest BCUT2D eigenvalue weighted by Crippen LogP contribution is -2.45. The number of carbonyl (C=O) groups is 1. The number of oxime groups is 1. The van der Waals surface area contributed by atoms with Gasteiger partial charge in [-0.3, -0.25) is 4.79 Å². The second kappa shape index (κ2) is 5.89. The van der Waals surface area contributed by atoms with Crippen LogP contribution in [0.25, 0.3) is 0 Å². The summed E-state index contributed by atoms with van der Waals surface area (Å²) >= 11 is 0. The summed E-state index contributed by atoms with van der Waals surface area (Å²) in [4.78, 5) is 14.2. The Morgan fingerprint density at radius 3 is 2.71 bits per heavy atom. The molecule has 1 amide bonds. The number of hydrogen-bond acceptors (Lipinski definition) is 3. The lowest BCUT2D eigenvalue weighted by atomic mass is 9.99. The summed E-state index contributed by atoms with van der Waals surface area (Å²) in [6, 6.07) is 0.294. The molecule has 2 unspecified atom stereocenters. The van der Waals surface area contributed by atoms with E-state index < -0.39 is 5.92 Å². The summed E-state index contributed by atoms with van der Waals surface area (Å²) in [6.45, 7) is 6.92. The van der Waals surface area contributed by atoms with Crippen LogP contribution in [0.5, 0.6) is 0 Å². The number of nitrogens with two attached hydrogens (primary N) is 1. The molecule has 5 nitrogen and oxygen atoms in total. The Kier molecular flexibility index (Phi) is 4.78. The molecule has 0 spiro atoms. The van der Waals surface area contributed by atoms with Gasteiger partial charge < -0.3 is 15.8 Å². The monoisotopic (exact) mass is 241 g/mol. The van der Waals surface area contributed by atoms with Gasteiger partial charge in [0.05, 0.1) is 5.92 Å². The number of hydrogen-bond donors (Lipinski definition) is 2. The van der Waals surface area contributed by atoms with E-state index in [1.54, 1.807) is 0 Å². The first-order valence-electron chi connectivity index (χ1n) is 6.30. The lowest BCUT2D eigenvalue weighted by Gasteiger charge is -2.30. The highest BCUT2D eigenvalue weighted by molar-refractivity contribution is 6.02. The molecule has 0 aromatic rings. The highest BCUT2D eigenvalue weighted by atomic mass is 16.4. The highest BCUT2D eigenvalue weighted by Gasteiger charge is 2.35. The van der Waals surface area contributed by atoms with Crippen LogP contribution in [0.4, 0.5) is 0 Å². The minimum Gasteiger partial charge on any atom is -0.409 e. The van der Waals surface area contributed by atoms with Crippen molar-refractivity contribution in [2.24, 2.45) is 22.7 Å². The fourth-order valence-electron chi connectivity index (χ4n) is 2.54. The number of amidine groups is 1. The molecule has 2 atom stereocenters. The fraction of sp³-hybridized carbons (Fsp3) is 0.833. The Hall–Kier alpha value is -1.26. The van der Waals surface area contributed by atoms with Crippen molar-refractivity contribution in [1.29, 1.82) is 0 Å². The molecule has 0 bridgehead atoms. The van der Waals surface area contributed by atoms with Gasteiger partial charge in [0, 0.05) is 12.6 Å². The molecule has 0 aromatic heterocycles. The summed E-state index contributed by atoms with van der Waals surface area (Å²) in [7, 11) is 0. The predicted molar refractivity (Wildman–Crippen MR) is 66.8 cm³/mol. The SMILES string of the molecule is CCC(C(=O)N1CCCC1C(C)C)C(N)=NO. The van der Waals surface area contributed by atoms with E-state index in [0.29, 0.717) is 18.4 Å². The van der Waals surface area contributed by atoms with Crippen molar-refractivity contribution < 1.29 is 10.0 Å². The number of amides is 1. The zero-order valence-electron chi connectivity index (χ0n) is 10.9. The summed E-state index contributed by atoms with van der Waals surface area (Å²) in [5.74, 6) is -0.0171. The average molecular weight is 241 g/mol. The minimum absolute atomic E-state index is 0.000926. The second-order valence-corrected chi connectivity index (χ2v) is 4.97. The highest BCUT2D eigenvalue weighted by Crippen LogP contribution is 2.26. The van der Waals surface area contributed by atoms with E-state index in [1.165, 1.54) is 0 Å². The Labute approximate surface area is 103 Å². The van der Waals surface area contributed by atoms with Crippen molar-refractivity contribution in [3.05, 3.63) is 0 Å². The quantitative estimate of drug-likeness (QED) is 0.338. The zero-order valence-corrected chi connectivity index (χ0v) is 10.9. The van der Waals surface area contributed by atoms with E-state index in [4.69, 9.17) is 10.9 Å². The molecule has 0 radical (unpaired) electrons. The van der Waals surface area contributed by atoms with Crippen LogP contribution in [0.3, 0.4) is 0 Å². The lowest BCUT2D eigenvalue weighted by molar-refractivity contribution is -0.135. The van der Waals surface area contributed by atoms with Crippen LogP contribution in [0.15, 0.2) is 5.16 Å². The van der Waals surface area contributed by atoms with Crippen LogP contribution in [-0.2, 0) is 4.79 Å². The predicted octanol–water partition coefficient (Wildman–Crippen LogP) is 1.41. The maximum Gasteiger partial charge on any atom is 0.233 e. The third-order valence-corrected chi connectivity index (χ3v) is 3.53. The van der Waals surface area contributed by atoms with Crippen molar-refractivity contribution in [2.45, 2.75) is 46.1 Å². The first-order chi connectivity index (χ1) is 8.02. The van der Waals surface area contributed by atoms with Gasteiger partial charge in [0.1, 0.15) is 0 Å². The van der Waals surface area contributed by atoms with Gasteiger partial charge >= 0.3 is 0 Å². The van der Waals surface area contributed by atoms with Crippen LogP contribution in [0.1, 0.15) is 40.0 Å². The molecule has 1 rings (SSSR count). The normalized spacial score (nSPS) is 23.2. The summed E-state index contributed by atoms with van der Waals surface area (Å²) in [5.41, 5.74) is 5.57. The molecule has 0 aliphatic carbocycles. The van der Waals surface area contributed by atoms with Gasteiger partial charge in [0.25, 0.3) is 0 Å². The maximum atomic E-state index is 12.3. The Morgan fingerprint density at radius 1 is 1.59 bits per heavy atom. The van der Waals surface area contributed by atoms with E-state index in [1.807, 2.05) is 11.8 Å². The number of rotatable bonds is 4. The maximum absolute atomic E-state index is 12.3. The van der Waals surface area contributed by atoms with Crippen molar-refractivity contribution in [3.63, 3.8) is 0 Å². The Bertz CT molecular complexity index is 302. The van der Waals surface area contributed by atoms with E-state index in [-0.39, 0.29) is 11.7 Å². The number of likely N-dealkylation sites (tertiary alicyclic amines) is 1. The third kappa shape index (κ3) is 2.90. The van der Waals surface area contributed by atoms with E-state index >= 15 is 0 Å². The fourth-order valence-corrected chi connectivity index (χ4v) is 2.54. The second-order valence-electron chi connectivity index (χ2n) is 4.97. The van der Waals surface area contributed by atoms with Crippen LogP contribution < -0.4 is 5.73 Å². The zero-order chi connectivity index (χ0) is 13.0. The van der Waals surface area contributed by atoms with Gasteiger partial charge in [-0.25, -0.2) is 0 Å². The molecule has 1 fully saturated rings. The molecule has 3 N–H and O–H groups in total. The Morgan fingerprint density at radius 2 is 2.24 bits per heavy atom. The van der Waals surface area contributed by atoms with Crippen molar-refractivity contribution in [1.82, 2.24) is 4.90 Å². The molecule has 1 saturated heterocycles. The van der Waals surface area contributed by atoms with Gasteiger partial charge in [-0.2, -0.15) is 0 Å². The first-order valence-corrected chi connectivity index (χ1v) is 6.30. The standard InChI is InChI=1S/C12H23N3O2/c1-4-9(11(13)14-17)12(16)15-7-5-6-10(15)8(2)3/h8-10,17H,4-7H2,1-3H3,(H2,13,14). The molecule has 98 valence electrons. The van der Waals surface area contributed by atoms with Crippen LogP contribution in [-0.4, -0.2) is 34.4 Å². The summed E-state index contributed by atoms with van der Waals surface area (Å²) in [5, 5.41) is 11.7. The first kappa shape index (κ1) is 13.8. The molecule has 1 aliphatic heterocycles. The average Bonchev–Trinajstić information content (AvgIpc) is 2.78. The van der Waals surface area contributed by atoms with Gasteiger partial charge in [-0.15, -0.1) is 0 Å². The molecule has 5 heteroatoms. The molecular weight excluding hydrogens is 218 g/mol. The summed E-state index contributed by atoms with van der Waals surface area (Å²) in [6.07, 6.45) is 2.66. The van der Waals surface area contributed by atoms with Gasteiger partial charge in [-0.05, 0) is 25.2 Å². The smallest absolute Gasteiger partial charge is 0.233 e. The third-order valence-electron chi connectivity index (χ3n) is 3.53. The van der Waals surface area contributed by atoms with E-state index in [2.05, 4.69) is 19.0 Å². The van der Waals surface area contributed by atoms with Gasteiger partial charge in [0.15, 0.2) is 5.84 Å². The summed E-state index contributed by atoms with van der Waals surface area (Å²) < 4.78 is 0. The molecule has 0 aromatic carbocycles. The van der Waals surface area contributed by atoms with Gasteiger partial charge in [0.2, 0.25) is 5.91 Å². The van der Waals surface area contributed by atoms with Crippen molar-refractivity contribution >= 4 is 11.7 Å². The minimum atomic E-state index is -0.487. The van der Waals surface area contributed by atoms with Crippen LogP contribution in [0, 0.1) is 11.8 Å². The number of carbonyl (C=O) groups excluding carboxylic acids is 1. The largest absolute Gasteiger partial charge is 0.409 e. The van der Waals surface area contributed by atoms with Crippen LogP contribution >= 0.6 is 0 Å². The molecular formula is C12H23N3O2. The molecule has 17 heavy (non-hydrogen) atoms. The van der Waals surface area contributed by atoms with Crippen molar-refractivity contribution in [3.8, 4) is 0 Å². The Balaban J connectivity index is 2.80.